The lowest BCUT2D eigenvalue weighted by atomic mass is 9.97. The number of primary sulfonamides is 1. The lowest BCUT2D eigenvalue weighted by Crippen LogP contribution is -2.15. The zero-order valence-electron chi connectivity index (χ0n) is 11.3. The SMILES string of the molecule is CCc1c(-c2ccccc2[N+](=O)[O-])cccc1S(N)(=O)=O. The number of para-hydroxylation sites is 1. The van der Waals surface area contributed by atoms with Gasteiger partial charge in [-0.15, -0.1) is 0 Å². The van der Waals surface area contributed by atoms with Crippen LogP contribution in [0, 0.1) is 10.1 Å². The van der Waals surface area contributed by atoms with Gasteiger partial charge in [-0.25, -0.2) is 13.6 Å². The highest BCUT2D eigenvalue weighted by molar-refractivity contribution is 7.89. The summed E-state index contributed by atoms with van der Waals surface area (Å²) >= 11 is 0. The molecule has 0 bridgehead atoms. The second-order valence-corrected chi connectivity index (χ2v) is 5.98. The molecule has 7 heteroatoms. The predicted octanol–water partition coefficient (Wildman–Crippen LogP) is 2.47. The van der Waals surface area contributed by atoms with Crippen LogP contribution in [0.15, 0.2) is 47.4 Å². The van der Waals surface area contributed by atoms with Crippen molar-refractivity contribution >= 4 is 15.7 Å². The summed E-state index contributed by atoms with van der Waals surface area (Å²) in [6.45, 7) is 1.78. The number of sulfonamides is 1. The largest absolute Gasteiger partial charge is 0.277 e. The Bertz CT molecular complexity index is 800. The first-order valence-electron chi connectivity index (χ1n) is 6.24. The average Bonchev–Trinajstić information content (AvgIpc) is 2.45. The molecule has 0 radical (unpaired) electrons. The van der Waals surface area contributed by atoms with Gasteiger partial charge in [0.1, 0.15) is 0 Å². The van der Waals surface area contributed by atoms with Gasteiger partial charge >= 0.3 is 0 Å². The summed E-state index contributed by atoms with van der Waals surface area (Å²) in [6, 6.07) is 10.8. The fraction of sp³-hybridized carbons (Fsp3) is 0.143. The van der Waals surface area contributed by atoms with E-state index in [1.807, 2.05) is 0 Å². The fourth-order valence-electron chi connectivity index (χ4n) is 2.31. The molecule has 0 unspecified atom stereocenters. The van der Waals surface area contributed by atoms with Gasteiger partial charge in [-0.05, 0) is 29.7 Å². The number of hydrogen-bond acceptors (Lipinski definition) is 4. The Morgan fingerprint density at radius 3 is 2.29 bits per heavy atom. The summed E-state index contributed by atoms with van der Waals surface area (Å²) in [5.74, 6) is 0. The molecule has 2 aromatic carbocycles. The Hall–Kier alpha value is -2.25. The van der Waals surface area contributed by atoms with Crippen molar-refractivity contribution in [3.05, 3.63) is 58.1 Å². The minimum atomic E-state index is -3.88. The predicted molar refractivity (Wildman–Crippen MR) is 79.3 cm³/mol. The second kappa shape index (κ2) is 5.63. The number of nitrogens with two attached hydrogens (primary N) is 1. The van der Waals surface area contributed by atoms with Crippen LogP contribution < -0.4 is 5.14 Å². The summed E-state index contributed by atoms with van der Waals surface area (Å²) in [7, 11) is -3.88. The van der Waals surface area contributed by atoms with E-state index in [2.05, 4.69) is 0 Å². The molecule has 6 nitrogen and oxygen atoms in total. The minimum absolute atomic E-state index is 0.000603. The number of benzene rings is 2. The first kappa shape index (κ1) is 15.1. The summed E-state index contributed by atoms with van der Waals surface area (Å²) in [6.07, 6.45) is 0.397. The van der Waals surface area contributed by atoms with Crippen LogP contribution in [-0.4, -0.2) is 13.3 Å². The van der Waals surface area contributed by atoms with Crippen molar-refractivity contribution < 1.29 is 13.3 Å². The van der Waals surface area contributed by atoms with Crippen molar-refractivity contribution in [2.24, 2.45) is 5.14 Å². The van der Waals surface area contributed by atoms with Crippen molar-refractivity contribution in [1.29, 1.82) is 0 Å². The number of rotatable bonds is 4. The van der Waals surface area contributed by atoms with Gasteiger partial charge in [0, 0.05) is 6.07 Å². The van der Waals surface area contributed by atoms with Gasteiger partial charge in [-0.2, -0.15) is 0 Å². The van der Waals surface area contributed by atoms with Crippen molar-refractivity contribution in [2.45, 2.75) is 18.2 Å². The monoisotopic (exact) mass is 306 g/mol. The lowest BCUT2D eigenvalue weighted by Gasteiger charge is -2.12. The molecule has 110 valence electrons. The summed E-state index contributed by atoms with van der Waals surface area (Å²) in [5, 5.41) is 16.4. The van der Waals surface area contributed by atoms with Crippen LogP contribution in [0.4, 0.5) is 5.69 Å². The van der Waals surface area contributed by atoms with Crippen molar-refractivity contribution in [1.82, 2.24) is 0 Å². The van der Waals surface area contributed by atoms with Crippen LogP contribution in [0.5, 0.6) is 0 Å². The Labute approximate surface area is 122 Å². The van der Waals surface area contributed by atoms with Gasteiger partial charge < -0.3 is 0 Å². The molecule has 0 heterocycles. The first-order valence-corrected chi connectivity index (χ1v) is 7.79. The van der Waals surface area contributed by atoms with Gasteiger partial charge in [-0.1, -0.05) is 31.2 Å². The van der Waals surface area contributed by atoms with E-state index in [9.17, 15) is 18.5 Å². The molecule has 2 rings (SSSR count). The molecule has 0 aromatic heterocycles. The second-order valence-electron chi connectivity index (χ2n) is 4.46. The quantitative estimate of drug-likeness (QED) is 0.692. The topological polar surface area (TPSA) is 103 Å². The smallest absolute Gasteiger partial charge is 0.258 e. The molecule has 0 aliphatic heterocycles. The zero-order valence-corrected chi connectivity index (χ0v) is 12.1. The third-order valence-electron chi connectivity index (χ3n) is 3.18. The highest BCUT2D eigenvalue weighted by Gasteiger charge is 2.21. The number of nitro benzene ring substituents is 1. The standard InChI is InChI=1S/C14H14N2O4S/c1-2-10-11(7-5-9-14(10)21(15,19)20)12-6-3-4-8-13(12)16(17)18/h3-9H,2H2,1H3,(H2,15,19,20). The molecule has 2 aromatic rings. The Morgan fingerprint density at radius 1 is 1.10 bits per heavy atom. The van der Waals surface area contributed by atoms with Gasteiger partial charge in [0.05, 0.1) is 15.4 Å². The Morgan fingerprint density at radius 2 is 1.71 bits per heavy atom. The van der Waals surface area contributed by atoms with Gasteiger partial charge in [0.15, 0.2) is 0 Å². The zero-order chi connectivity index (χ0) is 15.6. The first-order chi connectivity index (χ1) is 9.86. The Balaban J connectivity index is 2.80. The molecule has 0 atom stereocenters. The molecule has 0 amide bonds. The molecular weight excluding hydrogens is 292 g/mol. The molecule has 0 fully saturated rings. The lowest BCUT2D eigenvalue weighted by molar-refractivity contribution is -0.384. The molecular formula is C14H14N2O4S. The number of hydrogen-bond donors (Lipinski definition) is 1. The van der Waals surface area contributed by atoms with Crippen molar-refractivity contribution in [2.75, 3.05) is 0 Å². The minimum Gasteiger partial charge on any atom is -0.258 e. The molecule has 21 heavy (non-hydrogen) atoms. The van der Waals surface area contributed by atoms with Crippen molar-refractivity contribution in [3.8, 4) is 11.1 Å². The van der Waals surface area contributed by atoms with Crippen LogP contribution in [-0.2, 0) is 16.4 Å². The van der Waals surface area contributed by atoms with Gasteiger partial charge in [0.25, 0.3) is 5.69 Å². The highest BCUT2D eigenvalue weighted by Crippen LogP contribution is 2.34. The van der Waals surface area contributed by atoms with E-state index in [-0.39, 0.29) is 10.6 Å². The van der Waals surface area contributed by atoms with Crippen LogP contribution in [0.25, 0.3) is 11.1 Å². The maximum atomic E-state index is 11.7. The molecule has 0 saturated carbocycles. The van der Waals surface area contributed by atoms with E-state index in [0.29, 0.717) is 23.1 Å². The van der Waals surface area contributed by atoms with Crippen LogP contribution in [0.3, 0.4) is 0 Å². The average molecular weight is 306 g/mol. The number of nitrogens with zero attached hydrogens (tertiary/aromatic N) is 1. The fourth-order valence-corrected chi connectivity index (χ4v) is 3.18. The van der Waals surface area contributed by atoms with E-state index >= 15 is 0 Å². The van der Waals surface area contributed by atoms with Gasteiger partial charge in [-0.3, -0.25) is 10.1 Å². The maximum Gasteiger partial charge on any atom is 0.277 e. The molecule has 0 aliphatic rings. The van der Waals surface area contributed by atoms with Crippen LogP contribution in [0.1, 0.15) is 12.5 Å². The van der Waals surface area contributed by atoms with E-state index in [1.165, 1.54) is 18.2 Å². The summed E-state index contributed by atoms with van der Waals surface area (Å²) in [4.78, 5) is 10.7. The summed E-state index contributed by atoms with van der Waals surface area (Å²) in [5.41, 5.74) is 1.30. The van der Waals surface area contributed by atoms with Crippen LogP contribution >= 0.6 is 0 Å². The highest BCUT2D eigenvalue weighted by atomic mass is 32.2. The molecule has 2 N–H and O–H groups in total. The van der Waals surface area contributed by atoms with E-state index in [1.54, 1.807) is 31.2 Å². The third-order valence-corrected chi connectivity index (χ3v) is 4.18. The third kappa shape index (κ3) is 2.93. The van der Waals surface area contributed by atoms with Gasteiger partial charge in [0.2, 0.25) is 10.0 Å². The van der Waals surface area contributed by atoms with Crippen molar-refractivity contribution in [3.63, 3.8) is 0 Å². The van der Waals surface area contributed by atoms with Crippen LogP contribution in [0.2, 0.25) is 0 Å². The number of nitro groups is 1. The van der Waals surface area contributed by atoms with E-state index in [4.69, 9.17) is 5.14 Å². The normalized spacial score (nSPS) is 11.3. The summed E-state index contributed by atoms with van der Waals surface area (Å²) < 4.78 is 23.3. The van der Waals surface area contributed by atoms with E-state index < -0.39 is 14.9 Å². The maximum absolute atomic E-state index is 11.7. The van der Waals surface area contributed by atoms with E-state index in [0.717, 1.165) is 0 Å². The molecule has 0 spiro atoms. The molecule has 0 saturated heterocycles. The molecule has 0 aliphatic carbocycles. The Kier molecular flexibility index (Phi) is 4.06.